The Morgan fingerprint density at radius 2 is 1.48 bits per heavy atom. The largest absolute Gasteiger partial charge is 0.417 e. The van der Waals surface area contributed by atoms with Crippen molar-refractivity contribution >= 4 is 0 Å². The zero-order valence-corrected chi connectivity index (χ0v) is 17.7. The third-order valence-corrected chi connectivity index (χ3v) is 5.54. The third-order valence-electron chi connectivity index (χ3n) is 5.54. The molecule has 0 aliphatic rings. The van der Waals surface area contributed by atoms with Crippen molar-refractivity contribution in [3.05, 3.63) is 118 Å². The molecular formula is C27H19F3N2O. The van der Waals surface area contributed by atoms with Crippen LogP contribution < -0.4 is 5.56 Å². The topological polar surface area (TPSA) is 45.8 Å². The van der Waals surface area contributed by atoms with E-state index in [0.717, 1.165) is 28.3 Å². The van der Waals surface area contributed by atoms with E-state index in [4.69, 9.17) is 0 Å². The third kappa shape index (κ3) is 4.44. The Labute approximate surface area is 189 Å². The number of benzene rings is 3. The Balaban J connectivity index is 1.86. The normalized spacial score (nSPS) is 11.2. The molecule has 0 spiro atoms. The van der Waals surface area contributed by atoms with Crippen LogP contribution in [0.25, 0.3) is 22.4 Å². The van der Waals surface area contributed by atoms with Gasteiger partial charge < -0.3 is 4.57 Å². The van der Waals surface area contributed by atoms with Gasteiger partial charge in [-0.15, -0.1) is 0 Å². The highest BCUT2D eigenvalue weighted by atomic mass is 19.4. The van der Waals surface area contributed by atoms with Crippen LogP contribution in [-0.4, -0.2) is 4.57 Å². The molecule has 0 saturated heterocycles. The second-order valence-electron chi connectivity index (χ2n) is 7.70. The van der Waals surface area contributed by atoms with Crippen LogP contribution in [0.3, 0.4) is 0 Å². The zero-order valence-electron chi connectivity index (χ0n) is 17.7. The van der Waals surface area contributed by atoms with Crippen molar-refractivity contribution in [2.45, 2.75) is 19.6 Å². The number of nitrogens with zero attached hydrogens (tertiary/aromatic N) is 2. The van der Waals surface area contributed by atoms with Gasteiger partial charge in [-0.2, -0.15) is 18.4 Å². The van der Waals surface area contributed by atoms with Crippen LogP contribution in [0.2, 0.25) is 0 Å². The minimum Gasteiger partial charge on any atom is -0.303 e. The van der Waals surface area contributed by atoms with Gasteiger partial charge in [-0.3, -0.25) is 4.79 Å². The fraction of sp³-hybridized carbons (Fsp3) is 0.111. The van der Waals surface area contributed by atoms with Gasteiger partial charge in [0.15, 0.2) is 0 Å². The van der Waals surface area contributed by atoms with E-state index < -0.39 is 22.9 Å². The number of aryl methyl sites for hydroxylation is 1. The summed E-state index contributed by atoms with van der Waals surface area (Å²) in [6, 6.07) is 26.5. The number of halogens is 3. The molecule has 0 unspecified atom stereocenters. The lowest BCUT2D eigenvalue weighted by Gasteiger charge is -2.19. The molecule has 0 saturated carbocycles. The molecule has 164 valence electrons. The molecule has 1 aromatic heterocycles. The average molecular weight is 444 g/mol. The first-order valence-electron chi connectivity index (χ1n) is 10.2. The Hall–Kier alpha value is -4.11. The monoisotopic (exact) mass is 444 g/mol. The van der Waals surface area contributed by atoms with Crippen LogP contribution in [-0.2, 0) is 12.7 Å². The number of nitriles is 1. The van der Waals surface area contributed by atoms with Crippen molar-refractivity contribution in [1.29, 1.82) is 5.26 Å². The van der Waals surface area contributed by atoms with E-state index in [9.17, 15) is 23.2 Å². The van der Waals surface area contributed by atoms with Crippen molar-refractivity contribution in [3.63, 3.8) is 0 Å². The van der Waals surface area contributed by atoms with Gasteiger partial charge in [-0.1, -0.05) is 78.9 Å². The lowest BCUT2D eigenvalue weighted by Crippen LogP contribution is -2.28. The maximum atomic E-state index is 13.7. The van der Waals surface area contributed by atoms with Crippen molar-refractivity contribution in [1.82, 2.24) is 4.57 Å². The van der Waals surface area contributed by atoms with E-state index in [-0.39, 0.29) is 12.2 Å². The van der Waals surface area contributed by atoms with Crippen molar-refractivity contribution in [3.8, 4) is 28.5 Å². The lowest BCUT2D eigenvalue weighted by molar-refractivity contribution is -0.137. The summed E-state index contributed by atoms with van der Waals surface area (Å²) >= 11 is 0. The van der Waals surface area contributed by atoms with Crippen molar-refractivity contribution in [2.75, 3.05) is 0 Å². The fourth-order valence-electron chi connectivity index (χ4n) is 3.83. The van der Waals surface area contributed by atoms with Gasteiger partial charge in [0.05, 0.1) is 17.8 Å². The summed E-state index contributed by atoms with van der Waals surface area (Å²) in [5.74, 6) is 0. The second-order valence-corrected chi connectivity index (χ2v) is 7.70. The summed E-state index contributed by atoms with van der Waals surface area (Å²) in [6.45, 7) is 1.80. The van der Waals surface area contributed by atoms with Gasteiger partial charge in [0, 0.05) is 5.56 Å². The van der Waals surface area contributed by atoms with Crippen molar-refractivity contribution < 1.29 is 13.2 Å². The quantitative estimate of drug-likeness (QED) is 0.364. The van der Waals surface area contributed by atoms with Gasteiger partial charge in [0.2, 0.25) is 0 Å². The number of hydrogen-bond donors (Lipinski definition) is 0. The summed E-state index contributed by atoms with van der Waals surface area (Å²) in [4.78, 5) is 13.1. The van der Waals surface area contributed by atoms with Gasteiger partial charge >= 0.3 is 6.18 Å². The molecule has 1 heterocycles. The van der Waals surface area contributed by atoms with E-state index in [1.54, 1.807) is 31.2 Å². The van der Waals surface area contributed by atoms with Crippen LogP contribution in [0.1, 0.15) is 22.3 Å². The second kappa shape index (κ2) is 8.79. The van der Waals surface area contributed by atoms with Crippen molar-refractivity contribution in [2.24, 2.45) is 0 Å². The first kappa shape index (κ1) is 22.1. The van der Waals surface area contributed by atoms with Crippen LogP contribution in [0.4, 0.5) is 13.2 Å². The molecule has 0 atom stereocenters. The Morgan fingerprint density at radius 1 is 0.879 bits per heavy atom. The van der Waals surface area contributed by atoms with E-state index in [2.05, 4.69) is 0 Å². The minimum absolute atomic E-state index is 0.0321. The first-order chi connectivity index (χ1) is 15.8. The Morgan fingerprint density at radius 3 is 2.09 bits per heavy atom. The molecule has 3 nitrogen and oxygen atoms in total. The van der Waals surface area contributed by atoms with Gasteiger partial charge in [0.25, 0.3) is 5.56 Å². The van der Waals surface area contributed by atoms with Gasteiger partial charge in [0.1, 0.15) is 11.6 Å². The predicted octanol–water partition coefficient (Wildman–Crippen LogP) is 6.43. The van der Waals surface area contributed by atoms with Crippen LogP contribution in [0.15, 0.2) is 89.7 Å². The lowest BCUT2D eigenvalue weighted by atomic mass is 10.00. The number of hydrogen-bond acceptors (Lipinski definition) is 2. The molecule has 0 aliphatic heterocycles. The smallest absolute Gasteiger partial charge is 0.303 e. The highest BCUT2D eigenvalue weighted by Crippen LogP contribution is 2.34. The number of aromatic nitrogens is 1. The molecule has 3 aromatic carbocycles. The van der Waals surface area contributed by atoms with Gasteiger partial charge in [-0.25, -0.2) is 0 Å². The summed E-state index contributed by atoms with van der Waals surface area (Å²) < 4.78 is 42.3. The molecule has 4 aromatic rings. The molecule has 0 bridgehead atoms. The molecule has 33 heavy (non-hydrogen) atoms. The maximum Gasteiger partial charge on any atom is 0.417 e. The molecule has 0 amide bonds. The first-order valence-corrected chi connectivity index (χ1v) is 10.2. The molecule has 0 radical (unpaired) electrons. The zero-order chi connectivity index (χ0) is 23.6. The molecule has 4 rings (SSSR count). The summed E-state index contributed by atoms with van der Waals surface area (Å²) in [5, 5.41) is 9.37. The summed E-state index contributed by atoms with van der Waals surface area (Å²) in [7, 11) is 0. The Bertz CT molecular complexity index is 1400. The maximum absolute atomic E-state index is 13.7. The molecule has 0 fully saturated rings. The summed E-state index contributed by atoms with van der Waals surface area (Å²) in [5.41, 5.74) is 1.02. The SMILES string of the molecule is Cc1ccccc1-c1cc(C(F)(F)F)c(C#N)c(=O)n1Cc1ccc(-c2ccccc2)cc1. The fourth-order valence-corrected chi connectivity index (χ4v) is 3.83. The minimum atomic E-state index is -4.82. The highest BCUT2D eigenvalue weighted by molar-refractivity contribution is 5.66. The standard InChI is InChI=1S/C27H19F3N2O/c1-18-7-5-6-10-22(18)25-15-24(27(28,29)30)23(16-31)26(33)32(25)17-19-11-13-21(14-12-19)20-8-3-2-4-9-20/h2-15H,17H2,1H3. The number of alkyl halides is 3. The van der Waals surface area contributed by atoms with Crippen LogP contribution in [0, 0.1) is 18.3 Å². The van der Waals surface area contributed by atoms with Crippen LogP contribution in [0.5, 0.6) is 0 Å². The van der Waals surface area contributed by atoms with Crippen LogP contribution >= 0.6 is 0 Å². The van der Waals surface area contributed by atoms with E-state index in [0.29, 0.717) is 5.56 Å². The molecular weight excluding hydrogens is 425 g/mol. The van der Waals surface area contributed by atoms with E-state index in [1.165, 1.54) is 10.6 Å². The summed E-state index contributed by atoms with van der Waals surface area (Å²) in [6.07, 6.45) is -4.82. The van der Waals surface area contributed by atoms with E-state index in [1.807, 2.05) is 54.6 Å². The predicted molar refractivity (Wildman–Crippen MR) is 122 cm³/mol. The molecule has 6 heteroatoms. The van der Waals surface area contributed by atoms with E-state index >= 15 is 0 Å². The van der Waals surface area contributed by atoms with Gasteiger partial charge in [-0.05, 0) is 35.2 Å². The highest BCUT2D eigenvalue weighted by Gasteiger charge is 2.36. The Kier molecular flexibility index (Phi) is 5.89. The molecule has 0 N–H and O–H groups in total. The number of pyridine rings is 1. The average Bonchev–Trinajstić information content (AvgIpc) is 2.81. The number of rotatable bonds is 4. The molecule has 0 aliphatic carbocycles.